The fraction of sp³-hybridized carbons (Fsp3) is 0.409. The molecule has 2 atom stereocenters. The molecule has 2 fully saturated rings. The second-order valence-corrected chi connectivity index (χ2v) is 7.96. The number of carbonyl (C=O) groups excluding carboxylic acids is 2. The van der Waals surface area contributed by atoms with Gasteiger partial charge in [0, 0.05) is 19.2 Å². The van der Waals surface area contributed by atoms with E-state index in [4.69, 9.17) is 0 Å². The molecule has 2 aromatic rings. The molecule has 4 rings (SSSR count). The summed E-state index contributed by atoms with van der Waals surface area (Å²) in [6.07, 6.45) is 1.55. The number of pyridine rings is 1. The third-order valence-corrected chi connectivity index (χ3v) is 5.59. The van der Waals surface area contributed by atoms with E-state index in [2.05, 4.69) is 15.2 Å². The van der Waals surface area contributed by atoms with Crippen LogP contribution >= 0.6 is 0 Å². The standard InChI is InChI=1S/C22H22F3N3O2/c23-14-6-7-16(17(24)10-14)22(30)27-20-3-1-2-19(26-20)21(29)15-8-9-28(12-18(15)25)11-13-4-5-13/h1-3,6-7,10,13,15,18H,4-5,8-9,11-12H2,(H,26,27,30). The molecule has 0 radical (unpaired) electrons. The minimum absolute atomic E-state index is 0.0381. The molecule has 2 aliphatic rings. The highest BCUT2D eigenvalue weighted by atomic mass is 19.1. The number of hydrogen-bond acceptors (Lipinski definition) is 4. The summed E-state index contributed by atoms with van der Waals surface area (Å²) in [6.45, 7) is 1.81. The van der Waals surface area contributed by atoms with E-state index in [9.17, 15) is 22.8 Å². The zero-order chi connectivity index (χ0) is 21.3. The Bertz CT molecular complexity index is 964. The van der Waals surface area contributed by atoms with Crippen LogP contribution in [0, 0.1) is 23.5 Å². The number of nitrogens with zero attached hydrogens (tertiary/aromatic N) is 2. The Morgan fingerprint density at radius 2 is 1.93 bits per heavy atom. The van der Waals surface area contributed by atoms with Crippen molar-refractivity contribution in [2.75, 3.05) is 25.0 Å². The van der Waals surface area contributed by atoms with Gasteiger partial charge in [-0.3, -0.25) is 9.59 Å². The Morgan fingerprint density at radius 1 is 1.13 bits per heavy atom. The molecule has 2 heterocycles. The van der Waals surface area contributed by atoms with E-state index >= 15 is 0 Å². The maximum absolute atomic E-state index is 14.7. The van der Waals surface area contributed by atoms with Gasteiger partial charge < -0.3 is 10.2 Å². The Morgan fingerprint density at radius 3 is 2.63 bits per heavy atom. The van der Waals surface area contributed by atoms with Crippen molar-refractivity contribution >= 4 is 17.5 Å². The lowest BCUT2D eigenvalue weighted by atomic mass is 9.89. The molecular weight excluding hydrogens is 395 g/mol. The molecule has 0 spiro atoms. The van der Waals surface area contributed by atoms with Crippen LogP contribution in [0.1, 0.15) is 40.1 Å². The van der Waals surface area contributed by atoms with Crippen LogP contribution in [0.4, 0.5) is 19.0 Å². The number of rotatable bonds is 6. The highest BCUT2D eigenvalue weighted by Gasteiger charge is 2.37. The van der Waals surface area contributed by atoms with Crippen LogP contribution < -0.4 is 5.32 Å². The second kappa shape index (κ2) is 8.55. The van der Waals surface area contributed by atoms with Crippen LogP contribution in [0.2, 0.25) is 0 Å². The summed E-state index contributed by atoms with van der Waals surface area (Å²) in [4.78, 5) is 31.3. The summed E-state index contributed by atoms with van der Waals surface area (Å²) in [5.41, 5.74) is -0.294. The van der Waals surface area contributed by atoms with Crippen molar-refractivity contribution in [3.63, 3.8) is 0 Å². The van der Waals surface area contributed by atoms with E-state index in [1.54, 1.807) is 0 Å². The monoisotopic (exact) mass is 417 g/mol. The van der Waals surface area contributed by atoms with Gasteiger partial charge in [0.25, 0.3) is 5.91 Å². The average Bonchev–Trinajstić information content (AvgIpc) is 3.52. The number of aromatic nitrogens is 1. The number of carbonyl (C=O) groups is 2. The molecule has 1 aromatic carbocycles. The number of piperidine rings is 1. The Labute approximate surface area is 172 Å². The SMILES string of the molecule is O=C(Nc1cccc(C(=O)C2CCN(CC3CC3)CC2F)n1)c1ccc(F)cc1F. The fourth-order valence-electron chi connectivity index (χ4n) is 3.78. The number of nitrogens with one attached hydrogen (secondary N) is 1. The smallest absolute Gasteiger partial charge is 0.259 e. The molecule has 158 valence electrons. The van der Waals surface area contributed by atoms with Crippen LogP contribution in [0.3, 0.4) is 0 Å². The maximum Gasteiger partial charge on any atom is 0.259 e. The van der Waals surface area contributed by atoms with Crippen molar-refractivity contribution in [3.05, 3.63) is 59.3 Å². The van der Waals surface area contributed by atoms with E-state index < -0.39 is 35.4 Å². The second-order valence-electron chi connectivity index (χ2n) is 7.96. The van der Waals surface area contributed by atoms with Gasteiger partial charge in [0.1, 0.15) is 29.3 Å². The zero-order valence-corrected chi connectivity index (χ0v) is 16.3. The van der Waals surface area contributed by atoms with Crippen molar-refractivity contribution in [2.45, 2.75) is 25.4 Å². The number of benzene rings is 1. The number of likely N-dealkylation sites (tertiary alicyclic amines) is 1. The van der Waals surface area contributed by atoms with E-state index in [1.165, 1.54) is 31.0 Å². The number of alkyl halides is 1. The van der Waals surface area contributed by atoms with E-state index in [-0.39, 0.29) is 23.6 Å². The number of ketones is 1. The molecule has 1 saturated heterocycles. The molecule has 5 nitrogen and oxygen atoms in total. The lowest BCUT2D eigenvalue weighted by Crippen LogP contribution is -2.45. The third kappa shape index (κ3) is 4.70. The van der Waals surface area contributed by atoms with Crippen molar-refractivity contribution in [1.82, 2.24) is 9.88 Å². The quantitative estimate of drug-likeness (QED) is 0.725. The van der Waals surface area contributed by atoms with Gasteiger partial charge in [0.05, 0.1) is 11.5 Å². The van der Waals surface area contributed by atoms with Gasteiger partial charge in [-0.1, -0.05) is 6.07 Å². The summed E-state index contributed by atoms with van der Waals surface area (Å²) < 4.78 is 41.5. The summed E-state index contributed by atoms with van der Waals surface area (Å²) >= 11 is 0. The average molecular weight is 417 g/mol. The highest BCUT2D eigenvalue weighted by molar-refractivity contribution is 6.04. The summed E-state index contributed by atoms with van der Waals surface area (Å²) in [7, 11) is 0. The first kappa shape index (κ1) is 20.5. The van der Waals surface area contributed by atoms with E-state index in [0.29, 0.717) is 24.9 Å². The summed E-state index contributed by atoms with van der Waals surface area (Å²) in [6, 6.07) is 7.05. The molecule has 30 heavy (non-hydrogen) atoms. The van der Waals surface area contributed by atoms with Crippen LogP contribution in [-0.4, -0.2) is 47.4 Å². The first-order chi connectivity index (χ1) is 14.4. The predicted molar refractivity (Wildman–Crippen MR) is 105 cm³/mol. The number of Topliss-reactive ketones (excluding diaryl/α,β-unsaturated/α-hetero) is 1. The van der Waals surface area contributed by atoms with Gasteiger partial charge in [0.2, 0.25) is 0 Å². The Hall–Kier alpha value is -2.74. The molecule has 1 aliphatic carbocycles. The summed E-state index contributed by atoms with van der Waals surface area (Å²) in [5, 5.41) is 2.40. The van der Waals surface area contributed by atoms with Gasteiger partial charge in [-0.05, 0) is 56.0 Å². The van der Waals surface area contributed by atoms with Crippen LogP contribution in [0.15, 0.2) is 36.4 Å². The first-order valence-electron chi connectivity index (χ1n) is 10.0. The lowest BCUT2D eigenvalue weighted by Gasteiger charge is -2.33. The van der Waals surface area contributed by atoms with Gasteiger partial charge in [-0.25, -0.2) is 18.2 Å². The van der Waals surface area contributed by atoms with E-state index in [0.717, 1.165) is 18.7 Å². The molecule has 0 bridgehead atoms. The lowest BCUT2D eigenvalue weighted by molar-refractivity contribution is 0.0585. The Kier molecular flexibility index (Phi) is 5.85. The first-order valence-corrected chi connectivity index (χ1v) is 10.0. The molecule has 1 amide bonds. The number of anilines is 1. The van der Waals surface area contributed by atoms with Crippen molar-refractivity contribution < 1.29 is 22.8 Å². The van der Waals surface area contributed by atoms with Crippen molar-refractivity contribution in [2.24, 2.45) is 11.8 Å². The van der Waals surface area contributed by atoms with Crippen LogP contribution in [0.25, 0.3) is 0 Å². The minimum Gasteiger partial charge on any atom is -0.306 e. The normalized spacial score (nSPS) is 22.0. The third-order valence-electron chi connectivity index (χ3n) is 5.59. The van der Waals surface area contributed by atoms with Crippen molar-refractivity contribution in [3.8, 4) is 0 Å². The molecule has 1 aromatic heterocycles. The topological polar surface area (TPSA) is 62.3 Å². The molecule has 1 aliphatic heterocycles. The number of halogens is 3. The zero-order valence-electron chi connectivity index (χ0n) is 16.3. The minimum atomic E-state index is -1.27. The molecule has 8 heteroatoms. The maximum atomic E-state index is 14.7. The van der Waals surface area contributed by atoms with Gasteiger partial charge in [-0.15, -0.1) is 0 Å². The largest absolute Gasteiger partial charge is 0.306 e. The van der Waals surface area contributed by atoms with Crippen LogP contribution in [0.5, 0.6) is 0 Å². The Balaban J connectivity index is 1.42. The predicted octanol–water partition coefficient (Wildman–Crippen LogP) is 3.86. The number of amides is 1. The number of hydrogen-bond donors (Lipinski definition) is 1. The fourth-order valence-corrected chi connectivity index (χ4v) is 3.78. The molecular formula is C22H22F3N3O2. The molecule has 2 unspecified atom stereocenters. The van der Waals surface area contributed by atoms with Crippen molar-refractivity contribution in [1.29, 1.82) is 0 Å². The van der Waals surface area contributed by atoms with Crippen LogP contribution in [-0.2, 0) is 0 Å². The highest BCUT2D eigenvalue weighted by Crippen LogP contribution is 2.32. The van der Waals surface area contributed by atoms with Gasteiger partial charge in [-0.2, -0.15) is 0 Å². The molecule has 1 saturated carbocycles. The van der Waals surface area contributed by atoms with Gasteiger partial charge in [0.15, 0.2) is 5.78 Å². The summed E-state index contributed by atoms with van der Waals surface area (Å²) in [5.74, 6) is -3.09. The van der Waals surface area contributed by atoms with Gasteiger partial charge >= 0.3 is 0 Å². The van der Waals surface area contributed by atoms with E-state index in [1.807, 2.05) is 0 Å². The molecule has 1 N–H and O–H groups in total.